The van der Waals surface area contributed by atoms with Gasteiger partial charge < -0.3 is 11.1 Å². The first-order valence-corrected chi connectivity index (χ1v) is 7.14. The molecule has 1 aromatic rings. The Bertz CT molecular complexity index is 538. The fraction of sp³-hybridized carbons (Fsp3) is 0.389. The van der Waals surface area contributed by atoms with E-state index in [1.54, 1.807) is 0 Å². The molecular weight excluding hydrogens is 260 g/mol. The molecule has 0 heterocycles. The highest BCUT2D eigenvalue weighted by molar-refractivity contribution is 5.66. The molecular formula is C18H28N2O. The number of carbonyl (C=O) groups excluding carboxylic acids is 1. The Kier molecular flexibility index (Phi) is 8.14. The van der Waals surface area contributed by atoms with Gasteiger partial charge in [-0.25, -0.2) is 0 Å². The van der Waals surface area contributed by atoms with Crippen LogP contribution in [0.3, 0.4) is 0 Å². The summed E-state index contributed by atoms with van der Waals surface area (Å²) in [5, 5.41) is 2.32. The van der Waals surface area contributed by atoms with Crippen LogP contribution in [0.15, 0.2) is 30.1 Å². The summed E-state index contributed by atoms with van der Waals surface area (Å²) in [6.07, 6.45) is 1.67. The predicted molar refractivity (Wildman–Crippen MR) is 91.8 cm³/mol. The van der Waals surface area contributed by atoms with Gasteiger partial charge in [0, 0.05) is 0 Å². The van der Waals surface area contributed by atoms with Crippen molar-refractivity contribution < 1.29 is 4.79 Å². The quantitative estimate of drug-likeness (QED) is 0.827. The van der Waals surface area contributed by atoms with Crippen LogP contribution >= 0.6 is 0 Å². The van der Waals surface area contributed by atoms with Crippen LogP contribution in [0.25, 0.3) is 5.57 Å². The summed E-state index contributed by atoms with van der Waals surface area (Å²) >= 11 is 0. The van der Waals surface area contributed by atoms with E-state index in [0.717, 1.165) is 17.6 Å². The number of rotatable bonds is 4. The molecule has 3 heteroatoms. The molecule has 0 aliphatic rings. The lowest BCUT2D eigenvalue weighted by molar-refractivity contribution is -0.108. The SMILES string of the molecule is C=C(C)c1ccc(C)c(CC)c1C.CC(C)=C(N)NC=O. The second-order valence-electron chi connectivity index (χ2n) is 5.34. The average molecular weight is 288 g/mol. The van der Waals surface area contributed by atoms with Crippen LogP contribution in [0.4, 0.5) is 0 Å². The number of hydrogen-bond donors (Lipinski definition) is 2. The third kappa shape index (κ3) is 5.86. The summed E-state index contributed by atoms with van der Waals surface area (Å²) in [5.74, 6) is 0.431. The number of nitrogens with two attached hydrogens (primary N) is 1. The molecule has 1 rings (SSSR count). The normalized spacial score (nSPS) is 9.24. The minimum atomic E-state index is 0.431. The Morgan fingerprint density at radius 1 is 1.29 bits per heavy atom. The smallest absolute Gasteiger partial charge is 0.212 e. The Morgan fingerprint density at radius 3 is 2.19 bits per heavy atom. The van der Waals surface area contributed by atoms with Gasteiger partial charge >= 0.3 is 0 Å². The van der Waals surface area contributed by atoms with Crippen LogP contribution in [0.5, 0.6) is 0 Å². The zero-order valence-electron chi connectivity index (χ0n) is 14.1. The Balaban J connectivity index is 0.000000433. The zero-order valence-corrected chi connectivity index (χ0v) is 14.1. The molecule has 0 aromatic heterocycles. The summed E-state index contributed by atoms with van der Waals surface area (Å²) in [6, 6.07) is 4.36. The van der Waals surface area contributed by atoms with E-state index in [1.807, 2.05) is 13.8 Å². The van der Waals surface area contributed by atoms with E-state index in [0.29, 0.717) is 12.2 Å². The molecule has 21 heavy (non-hydrogen) atoms. The molecule has 0 spiro atoms. The van der Waals surface area contributed by atoms with Crippen molar-refractivity contribution in [1.82, 2.24) is 5.32 Å². The fourth-order valence-corrected chi connectivity index (χ4v) is 2.11. The van der Waals surface area contributed by atoms with Crippen LogP contribution in [-0.2, 0) is 11.2 Å². The lowest BCUT2D eigenvalue weighted by atomic mass is 9.93. The van der Waals surface area contributed by atoms with Gasteiger partial charge in [0.15, 0.2) is 0 Å². The predicted octanol–water partition coefficient (Wildman–Crippen LogP) is 3.84. The number of allylic oxidation sites excluding steroid dienone is 2. The van der Waals surface area contributed by atoms with Crippen LogP contribution in [0.2, 0.25) is 0 Å². The molecule has 3 nitrogen and oxygen atoms in total. The summed E-state index contributed by atoms with van der Waals surface area (Å²) in [7, 11) is 0. The first-order chi connectivity index (χ1) is 9.76. The number of hydrogen-bond acceptors (Lipinski definition) is 2. The molecule has 3 N–H and O–H groups in total. The lowest BCUT2D eigenvalue weighted by Crippen LogP contribution is -2.18. The van der Waals surface area contributed by atoms with E-state index >= 15 is 0 Å². The molecule has 0 saturated carbocycles. The van der Waals surface area contributed by atoms with Crippen molar-refractivity contribution in [3.8, 4) is 0 Å². The van der Waals surface area contributed by atoms with E-state index in [9.17, 15) is 4.79 Å². The molecule has 0 bridgehead atoms. The van der Waals surface area contributed by atoms with Gasteiger partial charge in [0.1, 0.15) is 5.82 Å². The van der Waals surface area contributed by atoms with Crippen LogP contribution < -0.4 is 11.1 Å². The van der Waals surface area contributed by atoms with Gasteiger partial charge in [-0.05, 0) is 68.9 Å². The van der Waals surface area contributed by atoms with Crippen molar-refractivity contribution in [3.63, 3.8) is 0 Å². The minimum absolute atomic E-state index is 0.431. The molecule has 1 aromatic carbocycles. The van der Waals surface area contributed by atoms with Gasteiger partial charge in [-0.15, -0.1) is 0 Å². The van der Waals surface area contributed by atoms with E-state index in [1.165, 1.54) is 22.3 Å². The molecule has 1 amide bonds. The van der Waals surface area contributed by atoms with Crippen LogP contribution in [-0.4, -0.2) is 6.41 Å². The van der Waals surface area contributed by atoms with Crippen molar-refractivity contribution in [2.75, 3.05) is 0 Å². The van der Waals surface area contributed by atoms with Crippen molar-refractivity contribution in [2.24, 2.45) is 5.73 Å². The highest BCUT2D eigenvalue weighted by Crippen LogP contribution is 2.23. The van der Waals surface area contributed by atoms with Gasteiger partial charge in [-0.3, -0.25) is 4.79 Å². The maximum atomic E-state index is 9.69. The van der Waals surface area contributed by atoms with Gasteiger partial charge in [0.2, 0.25) is 6.41 Å². The first kappa shape index (κ1) is 19.0. The maximum absolute atomic E-state index is 9.69. The number of aryl methyl sites for hydroxylation is 1. The summed E-state index contributed by atoms with van der Waals surface area (Å²) in [5.41, 5.74) is 12.9. The molecule has 116 valence electrons. The summed E-state index contributed by atoms with van der Waals surface area (Å²) in [4.78, 5) is 9.69. The summed E-state index contributed by atoms with van der Waals surface area (Å²) < 4.78 is 0. The van der Waals surface area contributed by atoms with Gasteiger partial charge in [-0.1, -0.05) is 31.2 Å². The molecule has 0 aliphatic heterocycles. The first-order valence-electron chi connectivity index (χ1n) is 7.14. The highest BCUT2D eigenvalue weighted by atomic mass is 16.1. The molecule has 0 fully saturated rings. The lowest BCUT2D eigenvalue weighted by Gasteiger charge is -2.12. The third-order valence-electron chi connectivity index (χ3n) is 3.40. The van der Waals surface area contributed by atoms with E-state index in [2.05, 4.69) is 51.7 Å². The van der Waals surface area contributed by atoms with Crippen molar-refractivity contribution in [2.45, 2.75) is 48.0 Å². The number of amides is 1. The standard InChI is InChI=1S/C13H18.C5H10N2O/c1-6-12-10(4)7-8-13(9(2)3)11(12)5;1-4(2)5(6)7-3-8/h7-8H,2,6H2,1,3-5H3;3H,6H2,1-2H3,(H,7,8). The number of benzene rings is 1. The molecule has 0 saturated heterocycles. The topological polar surface area (TPSA) is 55.1 Å². The third-order valence-corrected chi connectivity index (χ3v) is 3.40. The zero-order chi connectivity index (χ0) is 16.6. The van der Waals surface area contributed by atoms with Crippen LogP contribution in [0, 0.1) is 13.8 Å². The molecule has 0 radical (unpaired) electrons. The Hall–Kier alpha value is -2.03. The van der Waals surface area contributed by atoms with E-state index in [-0.39, 0.29) is 0 Å². The van der Waals surface area contributed by atoms with Crippen LogP contribution in [0.1, 0.15) is 49.9 Å². The molecule has 0 atom stereocenters. The second-order valence-corrected chi connectivity index (χ2v) is 5.34. The Labute approximate surface area is 128 Å². The summed E-state index contributed by atoms with van der Waals surface area (Å²) in [6.45, 7) is 16.3. The fourth-order valence-electron chi connectivity index (χ4n) is 2.11. The monoisotopic (exact) mass is 288 g/mol. The van der Waals surface area contributed by atoms with Crippen molar-refractivity contribution in [3.05, 3.63) is 52.4 Å². The average Bonchev–Trinajstić information content (AvgIpc) is 2.39. The largest absolute Gasteiger partial charge is 0.385 e. The van der Waals surface area contributed by atoms with Gasteiger partial charge in [0.25, 0.3) is 0 Å². The maximum Gasteiger partial charge on any atom is 0.212 e. The van der Waals surface area contributed by atoms with Crippen molar-refractivity contribution >= 4 is 12.0 Å². The molecule has 0 unspecified atom stereocenters. The van der Waals surface area contributed by atoms with Crippen molar-refractivity contribution in [1.29, 1.82) is 0 Å². The van der Waals surface area contributed by atoms with Gasteiger partial charge in [0.05, 0.1) is 0 Å². The highest BCUT2D eigenvalue weighted by Gasteiger charge is 2.05. The number of carbonyl (C=O) groups is 1. The number of nitrogens with one attached hydrogen (secondary N) is 1. The van der Waals surface area contributed by atoms with Gasteiger partial charge in [-0.2, -0.15) is 0 Å². The minimum Gasteiger partial charge on any atom is -0.385 e. The Morgan fingerprint density at radius 2 is 1.86 bits per heavy atom. The molecule has 0 aliphatic carbocycles. The second kappa shape index (κ2) is 9.01. The van der Waals surface area contributed by atoms with E-state index in [4.69, 9.17) is 5.73 Å². The van der Waals surface area contributed by atoms with E-state index < -0.39 is 0 Å².